The van der Waals surface area contributed by atoms with E-state index in [0.717, 1.165) is 0 Å². The molecule has 0 saturated heterocycles. The van der Waals surface area contributed by atoms with Crippen molar-refractivity contribution in [1.29, 1.82) is 0 Å². The van der Waals surface area contributed by atoms with Gasteiger partial charge in [0.15, 0.2) is 0 Å². The average molecular weight is 239 g/mol. The topological polar surface area (TPSA) is 38.9 Å². The van der Waals surface area contributed by atoms with Gasteiger partial charge in [0.25, 0.3) is 0 Å². The van der Waals surface area contributed by atoms with Crippen LogP contribution in [-0.4, -0.2) is 11.2 Å². The largest absolute Gasteiger partial charge is 0.389 e. The molecule has 1 rings (SSSR count). The van der Waals surface area contributed by atoms with Crippen LogP contribution in [-0.2, 0) is 0 Å². The Morgan fingerprint density at radius 1 is 1.47 bits per heavy atom. The van der Waals surface area contributed by atoms with Gasteiger partial charge in [-0.3, -0.25) is 0 Å². The molecule has 6 heteroatoms. The summed E-state index contributed by atoms with van der Waals surface area (Å²) in [4.78, 5) is 3.75. The third-order valence-corrected chi connectivity index (χ3v) is 2.24. The second-order valence-electron chi connectivity index (χ2n) is 3.14. The number of halogens is 4. The van der Waals surface area contributed by atoms with E-state index in [9.17, 15) is 13.2 Å². The fourth-order valence-corrected chi connectivity index (χ4v) is 1.41. The zero-order valence-corrected chi connectivity index (χ0v) is 8.52. The predicted octanol–water partition coefficient (Wildman–Crippen LogP) is 3.08. The molecule has 15 heavy (non-hydrogen) atoms. The highest BCUT2D eigenvalue weighted by atomic mass is 35.5. The van der Waals surface area contributed by atoms with Crippen molar-refractivity contribution in [1.82, 2.24) is 4.98 Å². The third kappa shape index (κ3) is 4.05. The molecule has 0 spiro atoms. The van der Waals surface area contributed by atoms with Crippen molar-refractivity contribution < 1.29 is 13.2 Å². The molecule has 1 heterocycles. The van der Waals surface area contributed by atoms with Crippen LogP contribution in [0.15, 0.2) is 18.3 Å². The van der Waals surface area contributed by atoms with Gasteiger partial charge in [-0.15, -0.1) is 0 Å². The maximum absolute atomic E-state index is 11.9. The Balaban J connectivity index is 2.62. The summed E-state index contributed by atoms with van der Waals surface area (Å²) in [6.07, 6.45) is -3.83. The highest BCUT2D eigenvalue weighted by Crippen LogP contribution is 2.28. The fourth-order valence-electron chi connectivity index (χ4n) is 1.15. The van der Waals surface area contributed by atoms with Gasteiger partial charge in [0.1, 0.15) is 5.15 Å². The smallest absolute Gasteiger partial charge is 0.324 e. The molecule has 0 unspecified atom stereocenters. The molecular weight excluding hydrogens is 229 g/mol. The molecule has 1 aromatic heterocycles. The van der Waals surface area contributed by atoms with Crippen LogP contribution in [0.3, 0.4) is 0 Å². The summed E-state index contributed by atoms with van der Waals surface area (Å²) in [5.41, 5.74) is 6.03. The highest BCUT2D eigenvalue weighted by molar-refractivity contribution is 6.30. The molecular formula is C9H10ClF3N2. The summed E-state index contributed by atoms with van der Waals surface area (Å²) in [5, 5.41) is 0.159. The first-order valence-electron chi connectivity index (χ1n) is 4.33. The van der Waals surface area contributed by atoms with Crippen LogP contribution in [0.25, 0.3) is 0 Å². The molecule has 0 aliphatic rings. The Morgan fingerprint density at radius 2 is 2.13 bits per heavy atom. The van der Waals surface area contributed by atoms with Gasteiger partial charge < -0.3 is 5.73 Å². The minimum Gasteiger partial charge on any atom is -0.324 e. The SMILES string of the molecule is N[C@H](CCC(F)(F)F)c1cccnc1Cl. The first-order chi connectivity index (χ1) is 6.90. The number of nitrogens with zero attached hydrogens (tertiary/aromatic N) is 1. The summed E-state index contributed by atoms with van der Waals surface area (Å²) >= 11 is 5.70. The molecule has 0 aliphatic carbocycles. The summed E-state index contributed by atoms with van der Waals surface area (Å²) in [5.74, 6) is 0. The third-order valence-electron chi connectivity index (χ3n) is 1.93. The number of nitrogens with two attached hydrogens (primary N) is 1. The van der Waals surface area contributed by atoms with Crippen LogP contribution < -0.4 is 5.73 Å². The van der Waals surface area contributed by atoms with E-state index in [2.05, 4.69) is 4.98 Å². The molecule has 84 valence electrons. The Bertz CT molecular complexity index is 327. The maximum atomic E-state index is 11.9. The molecule has 0 bridgehead atoms. The second kappa shape index (κ2) is 4.81. The Morgan fingerprint density at radius 3 is 2.67 bits per heavy atom. The van der Waals surface area contributed by atoms with E-state index < -0.39 is 18.6 Å². The lowest BCUT2D eigenvalue weighted by molar-refractivity contribution is -0.136. The van der Waals surface area contributed by atoms with E-state index in [1.807, 2.05) is 0 Å². The van der Waals surface area contributed by atoms with Gasteiger partial charge in [0.2, 0.25) is 0 Å². The van der Waals surface area contributed by atoms with E-state index in [1.165, 1.54) is 6.20 Å². The van der Waals surface area contributed by atoms with Gasteiger partial charge in [-0.2, -0.15) is 13.2 Å². The van der Waals surface area contributed by atoms with Gasteiger partial charge >= 0.3 is 6.18 Å². The van der Waals surface area contributed by atoms with E-state index in [-0.39, 0.29) is 11.6 Å². The zero-order valence-electron chi connectivity index (χ0n) is 7.76. The van der Waals surface area contributed by atoms with Crippen LogP contribution >= 0.6 is 11.6 Å². The molecule has 0 aliphatic heterocycles. The van der Waals surface area contributed by atoms with Crippen LogP contribution in [0.4, 0.5) is 13.2 Å². The lowest BCUT2D eigenvalue weighted by Gasteiger charge is -2.14. The van der Waals surface area contributed by atoms with Gasteiger partial charge in [0.05, 0.1) is 0 Å². The summed E-state index contributed by atoms with van der Waals surface area (Å²) in [6.45, 7) is 0. The molecule has 0 amide bonds. The maximum Gasteiger partial charge on any atom is 0.389 e. The number of hydrogen-bond donors (Lipinski definition) is 1. The highest BCUT2D eigenvalue weighted by Gasteiger charge is 2.28. The quantitative estimate of drug-likeness (QED) is 0.822. The van der Waals surface area contributed by atoms with Crippen molar-refractivity contribution in [2.24, 2.45) is 5.73 Å². The second-order valence-corrected chi connectivity index (χ2v) is 3.50. The van der Waals surface area contributed by atoms with Crippen molar-refractivity contribution in [2.45, 2.75) is 25.1 Å². The van der Waals surface area contributed by atoms with Crippen molar-refractivity contribution >= 4 is 11.6 Å². The monoisotopic (exact) mass is 238 g/mol. The van der Waals surface area contributed by atoms with Crippen molar-refractivity contribution in [3.05, 3.63) is 29.0 Å². The standard InChI is InChI=1S/C9H10ClF3N2/c10-8-6(2-1-5-15-8)7(14)3-4-9(11,12)13/h1-2,5,7H,3-4,14H2/t7-/m1/s1. The van der Waals surface area contributed by atoms with Crippen LogP contribution in [0, 0.1) is 0 Å². The summed E-state index contributed by atoms with van der Waals surface area (Å²) in [6, 6.07) is 2.44. The predicted molar refractivity (Wildman–Crippen MR) is 51.5 cm³/mol. The van der Waals surface area contributed by atoms with Gasteiger partial charge in [-0.1, -0.05) is 17.7 Å². The van der Waals surface area contributed by atoms with E-state index in [1.54, 1.807) is 12.1 Å². The molecule has 0 fully saturated rings. The fraction of sp³-hybridized carbons (Fsp3) is 0.444. The molecule has 2 N–H and O–H groups in total. The van der Waals surface area contributed by atoms with Crippen molar-refractivity contribution in [3.63, 3.8) is 0 Å². The van der Waals surface area contributed by atoms with Gasteiger partial charge in [0, 0.05) is 24.2 Å². The van der Waals surface area contributed by atoms with Crippen molar-refractivity contribution in [3.8, 4) is 0 Å². The van der Waals surface area contributed by atoms with E-state index in [0.29, 0.717) is 5.56 Å². The summed E-state index contributed by atoms with van der Waals surface area (Å²) in [7, 11) is 0. The minimum atomic E-state index is -4.19. The minimum absolute atomic E-state index is 0.159. The van der Waals surface area contributed by atoms with E-state index in [4.69, 9.17) is 17.3 Å². The number of aromatic nitrogens is 1. The van der Waals surface area contributed by atoms with Crippen LogP contribution in [0.2, 0.25) is 5.15 Å². The summed E-state index contributed by atoms with van der Waals surface area (Å²) < 4.78 is 35.8. The van der Waals surface area contributed by atoms with Gasteiger partial charge in [-0.25, -0.2) is 4.98 Å². The molecule has 0 radical (unpaired) electrons. The number of pyridine rings is 1. The van der Waals surface area contributed by atoms with Crippen LogP contribution in [0.1, 0.15) is 24.4 Å². The average Bonchev–Trinajstić information content (AvgIpc) is 2.14. The van der Waals surface area contributed by atoms with Gasteiger partial charge in [-0.05, 0) is 12.5 Å². The lowest BCUT2D eigenvalue weighted by atomic mass is 10.1. The van der Waals surface area contributed by atoms with Crippen LogP contribution in [0.5, 0.6) is 0 Å². The molecule has 2 nitrogen and oxygen atoms in total. The first kappa shape index (κ1) is 12.3. The number of hydrogen-bond acceptors (Lipinski definition) is 2. The molecule has 0 saturated carbocycles. The Hall–Kier alpha value is -0.810. The normalized spacial score (nSPS) is 13.9. The molecule has 1 atom stereocenters. The molecule has 1 aromatic rings. The number of rotatable bonds is 3. The Kier molecular flexibility index (Phi) is 3.93. The Labute approximate surface area is 90.3 Å². The van der Waals surface area contributed by atoms with Crippen molar-refractivity contribution in [2.75, 3.05) is 0 Å². The lowest BCUT2D eigenvalue weighted by Crippen LogP contribution is -2.16. The first-order valence-corrected chi connectivity index (χ1v) is 4.70. The zero-order chi connectivity index (χ0) is 11.5. The molecule has 0 aromatic carbocycles. The van der Waals surface area contributed by atoms with E-state index >= 15 is 0 Å². The number of alkyl halides is 3.